The summed E-state index contributed by atoms with van der Waals surface area (Å²) in [4.78, 5) is 13.1. The van der Waals surface area contributed by atoms with Crippen molar-refractivity contribution >= 4 is 41.3 Å². The van der Waals surface area contributed by atoms with Crippen LogP contribution in [-0.4, -0.2) is 38.8 Å². The number of nitrogens with zero attached hydrogens (tertiary/aromatic N) is 5. The first-order chi connectivity index (χ1) is 10.8. The van der Waals surface area contributed by atoms with Gasteiger partial charge in [0.15, 0.2) is 5.96 Å². The van der Waals surface area contributed by atoms with E-state index in [1.54, 1.807) is 24.7 Å². The van der Waals surface area contributed by atoms with Crippen LogP contribution in [0.1, 0.15) is 29.9 Å². The molecule has 126 valence electrons. The van der Waals surface area contributed by atoms with E-state index < -0.39 is 0 Å². The number of aryl methyl sites for hydroxylation is 2. The summed E-state index contributed by atoms with van der Waals surface area (Å²) in [6.45, 7) is 3.64. The Morgan fingerprint density at radius 1 is 1.52 bits per heavy atom. The van der Waals surface area contributed by atoms with Gasteiger partial charge in [0.1, 0.15) is 12.2 Å². The summed E-state index contributed by atoms with van der Waals surface area (Å²) < 4.78 is 1.96. The van der Waals surface area contributed by atoms with Crippen molar-refractivity contribution in [2.45, 2.75) is 45.3 Å². The summed E-state index contributed by atoms with van der Waals surface area (Å²) in [6, 6.07) is 0.321. The molecule has 0 spiro atoms. The number of nitrogens with one attached hydrogen (secondary N) is 2. The molecule has 2 aromatic rings. The summed E-state index contributed by atoms with van der Waals surface area (Å²) in [6.07, 6.45) is 4.59. The Bertz CT molecular complexity index is 651. The molecule has 9 heteroatoms. The largest absolute Gasteiger partial charge is 0.352 e. The SMILES string of the molecule is CCc1nc(CNC(=NC)NC2CCc3ncnn3C2)cs1.I. The van der Waals surface area contributed by atoms with Gasteiger partial charge in [0.25, 0.3) is 0 Å². The Morgan fingerprint density at radius 2 is 2.39 bits per heavy atom. The highest BCUT2D eigenvalue weighted by Gasteiger charge is 2.20. The van der Waals surface area contributed by atoms with Crippen LogP contribution in [-0.2, 0) is 25.9 Å². The van der Waals surface area contributed by atoms with E-state index in [1.165, 1.54) is 5.01 Å². The monoisotopic (exact) mass is 447 g/mol. The van der Waals surface area contributed by atoms with Gasteiger partial charge in [-0.3, -0.25) is 4.99 Å². The predicted octanol–water partition coefficient (Wildman–Crippen LogP) is 1.59. The fourth-order valence-electron chi connectivity index (χ4n) is 2.51. The van der Waals surface area contributed by atoms with Gasteiger partial charge in [-0.1, -0.05) is 6.92 Å². The van der Waals surface area contributed by atoms with Crippen LogP contribution >= 0.6 is 35.3 Å². The van der Waals surface area contributed by atoms with Crippen molar-refractivity contribution in [1.29, 1.82) is 0 Å². The molecule has 1 unspecified atom stereocenters. The van der Waals surface area contributed by atoms with Crippen molar-refractivity contribution in [1.82, 2.24) is 30.4 Å². The highest BCUT2D eigenvalue weighted by molar-refractivity contribution is 14.0. The molecular weight excluding hydrogens is 425 g/mol. The molecular formula is C14H22IN7S. The molecule has 1 aliphatic heterocycles. The average molecular weight is 447 g/mol. The van der Waals surface area contributed by atoms with Gasteiger partial charge < -0.3 is 10.6 Å². The van der Waals surface area contributed by atoms with Crippen molar-refractivity contribution in [3.05, 3.63) is 28.2 Å². The first-order valence-corrected chi connectivity index (χ1v) is 8.43. The second kappa shape index (κ2) is 8.57. The lowest BCUT2D eigenvalue weighted by atomic mass is 10.1. The molecule has 0 bridgehead atoms. The van der Waals surface area contributed by atoms with Gasteiger partial charge in [-0.15, -0.1) is 35.3 Å². The summed E-state index contributed by atoms with van der Waals surface area (Å²) in [7, 11) is 1.79. The van der Waals surface area contributed by atoms with Crippen molar-refractivity contribution in [3.63, 3.8) is 0 Å². The maximum absolute atomic E-state index is 4.56. The van der Waals surface area contributed by atoms with Crippen molar-refractivity contribution in [2.24, 2.45) is 4.99 Å². The number of thiazole rings is 1. The highest BCUT2D eigenvalue weighted by atomic mass is 127. The molecule has 1 atom stereocenters. The Kier molecular flexibility index (Phi) is 6.75. The molecule has 2 N–H and O–H groups in total. The fraction of sp³-hybridized carbons (Fsp3) is 0.571. The molecule has 2 aromatic heterocycles. The summed E-state index contributed by atoms with van der Waals surface area (Å²) >= 11 is 1.71. The highest BCUT2D eigenvalue weighted by Crippen LogP contribution is 2.12. The van der Waals surface area contributed by atoms with E-state index in [0.717, 1.165) is 43.3 Å². The first kappa shape index (κ1) is 18.1. The average Bonchev–Trinajstić information content (AvgIpc) is 3.19. The number of hydrogen-bond donors (Lipinski definition) is 2. The van der Waals surface area contributed by atoms with Crippen molar-refractivity contribution in [2.75, 3.05) is 7.05 Å². The number of rotatable bonds is 4. The lowest BCUT2D eigenvalue weighted by Crippen LogP contribution is -2.46. The Morgan fingerprint density at radius 3 is 3.13 bits per heavy atom. The normalized spacial score (nSPS) is 17.3. The lowest BCUT2D eigenvalue weighted by molar-refractivity contribution is 0.392. The quantitative estimate of drug-likeness (QED) is 0.423. The maximum Gasteiger partial charge on any atom is 0.191 e. The minimum absolute atomic E-state index is 0. The molecule has 0 aromatic carbocycles. The zero-order valence-corrected chi connectivity index (χ0v) is 16.5. The fourth-order valence-corrected chi connectivity index (χ4v) is 3.25. The molecule has 0 saturated heterocycles. The molecule has 0 radical (unpaired) electrons. The second-order valence-corrected chi connectivity index (χ2v) is 6.19. The number of fused-ring (bicyclic) bond motifs is 1. The van der Waals surface area contributed by atoms with Gasteiger partial charge in [0.05, 0.1) is 23.8 Å². The molecule has 1 aliphatic rings. The smallest absolute Gasteiger partial charge is 0.191 e. The zero-order valence-electron chi connectivity index (χ0n) is 13.3. The van der Waals surface area contributed by atoms with Gasteiger partial charge >= 0.3 is 0 Å². The van der Waals surface area contributed by atoms with Crippen LogP contribution < -0.4 is 10.6 Å². The van der Waals surface area contributed by atoms with E-state index in [2.05, 4.69) is 43.0 Å². The molecule has 0 amide bonds. The van der Waals surface area contributed by atoms with E-state index in [9.17, 15) is 0 Å². The molecule has 0 saturated carbocycles. The molecule has 23 heavy (non-hydrogen) atoms. The summed E-state index contributed by atoms with van der Waals surface area (Å²) in [5.41, 5.74) is 1.06. The Balaban J connectivity index is 0.00000192. The van der Waals surface area contributed by atoms with Gasteiger partial charge in [-0.25, -0.2) is 14.6 Å². The minimum Gasteiger partial charge on any atom is -0.352 e. The topological polar surface area (TPSA) is 80.0 Å². The van der Waals surface area contributed by atoms with Crippen LogP contribution in [0.4, 0.5) is 0 Å². The maximum atomic E-state index is 4.56. The van der Waals surface area contributed by atoms with E-state index in [4.69, 9.17) is 0 Å². The summed E-state index contributed by atoms with van der Waals surface area (Å²) in [5.74, 6) is 1.87. The molecule has 3 heterocycles. The number of aliphatic imine (C=N–C) groups is 1. The number of hydrogen-bond acceptors (Lipinski definition) is 5. The third-order valence-electron chi connectivity index (χ3n) is 3.71. The van der Waals surface area contributed by atoms with Gasteiger partial charge in [0, 0.05) is 24.9 Å². The van der Waals surface area contributed by atoms with Crippen LogP contribution in [0.3, 0.4) is 0 Å². The van der Waals surface area contributed by atoms with E-state index in [0.29, 0.717) is 12.6 Å². The molecule has 0 aliphatic carbocycles. The first-order valence-electron chi connectivity index (χ1n) is 7.55. The standard InChI is InChI=1S/C14H21N7S.HI/c1-3-13-19-11(8-22-13)6-16-14(15-2)20-10-4-5-12-17-9-18-21(12)7-10;/h8-10H,3-7H2,1-2H3,(H2,15,16,20);1H. The van der Waals surface area contributed by atoms with Gasteiger partial charge in [-0.2, -0.15) is 5.10 Å². The van der Waals surface area contributed by atoms with Crippen LogP contribution in [0, 0.1) is 0 Å². The van der Waals surface area contributed by atoms with E-state index >= 15 is 0 Å². The minimum atomic E-state index is 0. The predicted molar refractivity (Wildman–Crippen MR) is 102 cm³/mol. The van der Waals surface area contributed by atoms with Gasteiger partial charge in [0.2, 0.25) is 0 Å². The van der Waals surface area contributed by atoms with Crippen LogP contribution in [0.15, 0.2) is 16.7 Å². The third-order valence-corrected chi connectivity index (χ3v) is 4.75. The van der Waals surface area contributed by atoms with Crippen molar-refractivity contribution < 1.29 is 0 Å². The number of guanidine groups is 1. The number of halogens is 1. The van der Waals surface area contributed by atoms with E-state index in [-0.39, 0.29) is 24.0 Å². The lowest BCUT2D eigenvalue weighted by Gasteiger charge is -2.25. The Labute approximate surface area is 157 Å². The Hall–Kier alpha value is -1.23. The third kappa shape index (κ3) is 4.63. The molecule has 3 rings (SSSR count). The molecule has 7 nitrogen and oxygen atoms in total. The van der Waals surface area contributed by atoms with Crippen LogP contribution in [0.5, 0.6) is 0 Å². The second-order valence-electron chi connectivity index (χ2n) is 5.25. The number of aromatic nitrogens is 4. The summed E-state index contributed by atoms with van der Waals surface area (Å²) in [5, 5.41) is 14.3. The van der Waals surface area contributed by atoms with E-state index in [1.807, 2.05) is 4.68 Å². The van der Waals surface area contributed by atoms with Crippen LogP contribution in [0.25, 0.3) is 0 Å². The van der Waals surface area contributed by atoms with Crippen LogP contribution in [0.2, 0.25) is 0 Å². The van der Waals surface area contributed by atoms with Gasteiger partial charge in [-0.05, 0) is 12.8 Å². The zero-order chi connectivity index (χ0) is 15.4. The van der Waals surface area contributed by atoms with Crippen molar-refractivity contribution in [3.8, 4) is 0 Å². The molecule has 0 fully saturated rings.